The van der Waals surface area contributed by atoms with Crippen molar-refractivity contribution >= 4 is 0 Å². The molecule has 4 heteroatoms. The first kappa shape index (κ1) is 11.8. The van der Waals surface area contributed by atoms with Crippen molar-refractivity contribution in [3.63, 3.8) is 0 Å². The monoisotopic (exact) mass is 235 g/mol. The first-order valence-electron chi connectivity index (χ1n) is 5.41. The molecule has 0 aliphatic carbocycles. The molecule has 0 unspecified atom stereocenters. The molecule has 0 bridgehead atoms. The Hall–Kier alpha value is -1.65. The van der Waals surface area contributed by atoms with E-state index in [2.05, 4.69) is 5.32 Å². The molecule has 0 spiro atoms. The second kappa shape index (κ2) is 5.61. The smallest absolute Gasteiger partial charge is 0.129 e. The summed E-state index contributed by atoms with van der Waals surface area (Å²) in [6.07, 6.45) is 0. The zero-order valence-electron chi connectivity index (χ0n) is 9.32. The van der Waals surface area contributed by atoms with Gasteiger partial charge in [0.2, 0.25) is 0 Å². The zero-order valence-corrected chi connectivity index (χ0v) is 9.32. The number of halogens is 1. The van der Waals surface area contributed by atoms with Gasteiger partial charge >= 0.3 is 0 Å². The summed E-state index contributed by atoms with van der Waals surface area (Å²) in [6, 6.07) is 9.92. The average molecular weight is 235 g/mol. The molecule has 1 aromatic carbocycles. The lowest BCUT2D eigenvalue weighted by Crippen LogP contribution is -2.12. The molecule has 0 saturated heterocycles. The Balaban J connectivity index is 1.81. The standard InChI is InChI=1S/C13H14FNO2/c14-11-3-1-10(2-4-11)7-15-8-12-5-6-13(9-16)17-12/h1-6,15-16H,7-9H2. The number of hydrogen-bond acceptors (Lipinski definition) is 3. The van der Waals surface area contributed by atoms with E-state index in [9.17, 15) is 4.39 Å². The maximum absolute atomic E-state index is 12.7. The van der Waals surface area contributed by atoms with Crippen molar-refractivity contribution in [1.82, 2.24) is 5.32 Å². The Labute approximate surface area is 98.9 Å². The van der Waals surface area contributed by atoms with Gasteiger partial charge in [-0.05, 0) is 29.8 Å². The van der Waals surface area contributed by atoms with E-state index in [4.69, 9.17) is 9.52 Å². The summed E-state index contributed by atoms with van der Waals surface area (Å²) in [5, 5.41) is 12.0. The number of aliphatic hydroxyl groups excluding tert-OH is 1. The Morgan fingerprint density at radius 2 is 1.71 bits per heavy atom. The fourth-order valence-corrected chi connectivity index (χ4v) is 1.53. The van der Waals surface area contributed by atoms with E-state index in [0.717, 1.165) is 11.3 Å². The van der Waals surface area contributed by atoms with Crippen LogP contribution in [0.2, 0.25) is 0 Å². The van der Waals surface area contributed by atoms with E-state index in [0.29, 0.717) is 18.8 Å². The van der Waals surface area contributed by atoms with Crippen molar-refractivity contribution < 1.29 is 13.9 Å². The van der Waals surface area contributed by atoms with Crippen LogP contribution in [0.25, 0.3) is 0 Å². The number of aliphatic hydroxyl groups is 1. The normalized spacial score (nSPS) is 10.7. The SMILES string of the molecule is OCc1ccc(CNCc2ccc(F)cc2)o1. The van der Waals surface area contributed by atoms with Crippen LogP contribution in [-0.2, 0) is 19.7 Å². The van der Waals surface area contributed by atoms with E-state index in [-0.39, 0.29) is 12.4 Å². The molecule has 2 N–H and O–H groups in total. The van der Waals surface area contributed by atoms with Gasteiger partial charge in [-0.1, -0.05) is 12.1 Å². The molecule has 2 aromatic rings. The Kier molecular flexibility index (Phi) is 3.90. The minimum atomic E-state index is -0.229. The molecule has 17 heavy (non-hydrogen) atoms. The van der Waals surface area contributed by atoms with Crippen LogP contribution in [0, 0.1) is 5.82 Å². The van der Waals surface area contributed by atoms with Gasteiger partial charge in [-0.3, -0.25) is 0 Å². The molecule has 1 heterocycles. The predicted molar refractivity (Wildman–Crippen MR) is 61.6 cm³/mol. The van der Waals surface area contributed by atoms with Crippen LogP contribution < -0.4 is 5.32 Å². The molecule has 0 radical (unpaired) electrons. The van der Waals surface area contributed by atoms with Crippen LogP contribution in [0.15, 0.2) is 40.8 Å². The van der Waals surface area contributed by atoms with Gasteiger partial charge in [-0.25, -0.2) is 4.39 Å². The first-order chi connectivity index (χ1) is 8.28. The van der Waals surface area contributed by atoms with Gasteiger partial charge in [0.05, 0.1) is 6.54 Å². The molecule has 3 nitrogen and oxygen atoms in total. The predicted octanol–water partition coefficient (Wildman–Crippen LogP) is 2.20. The molecule has 0 amide bonds. The lowest BCUT2D eigenvalue weighted by molar-refractivity contribution is 0.242. The average Bonchev–Trinajstić information content (AvgIpc) is 2.80. The van der Waals surface area contributed by atoms with Crippen LogP contribution in [0.1, 0.15) is 17.1 Å². The largest absolute Gasteiger partial charge is 0.462 e. The summed E-state index contributed by atoms with van der Waals surface area (Å²) in [4.78, 5) is 0. The van der Waals surface area contributed by atoms with Crippen molar-refractivity contribution in [2.24, 2.45) is 0 Å². The number of nitrogens with one attached hydrogen (secondary N) is 1. The van der Waals surface area contributed by atoms with Crippen molar-refractivity contribution in [2.45, 2.75) is 19.7 Å². The fraction of sp³-hybridized carbons (Fsp3) is 0.231. The van der Waals surface area contributed by atoms with E-state index >= 15 is 0 Å². The number of benzene rings is 1. The summed E-state index contributed by atoms with van der Waals surface area (Å²) in [5.41, 5.74) is 1.01. The highest BCUT2D eigenvalue weighted by Gasteiger charge is 2.00. The quantitative estimate of drug-likeness (QED) is 0.835. The molecule has 0 aliphatic heterocycles. The molecule has 0 aliphatic rings. The lowest BCUT2D eigenvalue weighted by atomic mass is 10.2. The Bertz CT molecular complexity index is 465. The molecule has 1 aromatic heterocycles. The summed E-state index contributed by atoms with van der Waals surface area (Å²) < 4.78 is 18.0. The summed E-state index contributed by atoms with van der Waals surface area (Å²) in [7, 11) is 0. The van der Waals surface area contributed by atoms with Crippen molar-refractivity contribution in [1.29, 1.82) is 0 Å². The highest BCUT2D eigenvalue weighted by atomic mass is 19.1. The summed E-state index contributed by atoms with van der Waals surface area (Å²) in [6.45, 7) is 1.14. The number of furan rings is 1. The van der Waals surface area contributed by atoms with Gasteiger partial charge in [-0.15, -0.1) is 0 Å². The Morgan fingerprint density at radius 1 is 1.00 bits per heavy atom. The first-order valence-corrected chi connectivity index (χ1v) is 5.41. The highest BCUT2D eigenvalue weighted by Crippen LogP contribution is 2.08. The van der Waals surface area contributed by atoms with Gasteiger partial charge in [-0.2, -0.15) is 0 Å². The van der Waals surface area contributed by atoms with Gasteiger partial charge in [0, 0.05) is 6.54 Å². The topological polar surface area (TPSA) is 45.4 Å². The maximum Gasteiger partial charge on any atom is 0.129 e. The lowest BCUT2D eigenvalue weighted by Gasteiger charge is -2.02. The van der Waals surface area contributed by atoms with E-state index in [1.54, 1.807) is 18.2 Å². The van der Waals surface area contributed by atoms with E-state index in [1.807, 2.05) is 6.07 Å². The third-order valence-corrected chi connectivity index (χ3v) is 2.41. The number of rotatable bonds is 5. The fourth-order valence-electron chi connectivity index (χ4n) is 1.53. The van der Waals surface area contributed by atoms with Gasteiger partial charge in [0.1, 0.15) is 23.9 Å². The number of hydrogen-bond donors (Lipinski definition) is 2. The molecule has 0 saturated carbocycles. The minimum absolute atomic E-state index is 0.0854. The molecule has 90 valence electrons. The van der Waals surface area contributed by atoms with Crippen molar-refractivity contribution in [3.05, 3.63) is 59.3 Å². The van der Waals surface area contributed by atoms with Gasteiger partial charge in [0.15, 0.2) is 0 Å². The van der Waals surface area contributed by atoms with Crippen LogP contribution in [0.4, 0.5) is 4.39 Å². The second-order valence-corrected chi connectivity index (χ2v) is 3.76. The third kappa shape index (κ3) is 3.41. The molecular weight excluding hydrogens is 221 g/mol. The van der Waals surface area contributed by atoms with Crippen LogP contribution in [0.3, 0.4) is 0 Å². The van der Waals surface area contributed by atoms with Crippen LogP contribution in [0.5, 0.6) is 0 Å². The minimum Gasteiger partial charge on any atom is -0.462 e. The van der Waals surface area contributed by atoms with Crippen LogP contribution in [-0.4, -0.2) is 5.11 Å². The van der Waals surface area contributed by atoms with Crippen LogP contribution >= 0.6 is 0 Å². The Morgan fingerprint density at radius 3 is 2.35 bits per heavy atom. The van der Waals surface area contributed by atoms with E-state index in [1.165, 1.54) is 12.1 Å². The second-order valence-electron chi connectivity index (χ2n) is 3.76. The molecule has 0 atom stereocenters. The zero-order chi connectivity index (χ0) is 12.1. The maximum atomic E-state index is 12.7. The van der Waals surface area contributed by atoms with E-state index < -0.39 is 0 Å². The summed E-state index contributed by atoms with van der Waals surface area (Å²) in [5.74, 6) is 1.10. The molecule has 0 fully saturated rings. The van der Waals surface area contributed by atoms with Crippen molar-refractivity contribution in [2.75, 3.05) is 0 Å². The van der Waals surface area contributed by atoms with Crippen molar-refractivity contribution in [3.8, 4) is 0 Å². The molecular formula is C13H14FNO2. The summed E-state index contributed by atoms with van der Waals surface area (Å²) >= 11 is 0. The van der Waals surface area contributed by atoms with Gasteiger partial charge < -0.3 is 14.8 Å². The van der Waals surface area contributed by atoms with Gasteiger partial charge in [0.25, 0.3) is 0 Å². The highest BCUT2D eigenvalue weighted by molar-refractivity contribution is 5.16. The third-order valence-electron chi connectivity index (χ3n) is 2.41. The molecule has 2 rings (SSSR count).